The molecule has 0 radical (unpaired) electrons. The first-order chi connectivity index (χ1) is 10.1. The highest BCUT2D eigenvalue weighted by atomic mass is 16.5. The fourth-order valence-corrected chi connectivity index (χ4v) is 1.99. The lowest BCUT2D eigenvalue weighted by Gasteiger charge is -2.21. The van der Waals surface area contributed by atoms with Crippen LogP contribution in [0.25, 0.3) is 0 Å². The van der Waals surface area contributed by atoms with E-state index in [9.17, 15) is 4.79 Å². The van der Waals surface area contributed by atoms with Crippen LogP contribution in [0, 0.1) is 0 Å². The second-order valence-electron chi connectivity index (χ2n) is 4.75. The SMILES string of the molecule is CCCN(CC(N)=NO)C(=O)CCc1ccc(OC)cc1. The van der Waals surface area contributed by atoms with E-state index < -0.39 is 0 Å². The molecule has 1 rings (SSSR count). The van der Waals surface area contributed by atoms with Crippen molar-refractivity contribution >= 4 is 11.7 Å². The van der Waals surface area contributed by atoms with E-state index in [4.69, 9.17) is 15.7 Å². The molecule has 116 valence electrons. The summed E-state index contributed by atoms with van der Waals surface area (Å²) in [7, 11) is 1.62. The van der Waals surface area contributed by atoms with Crippen LogP contribution in [0.15, 0.2) is 29.4 Å². The molecule has 0 aliphatic rings. The minimum absolute atomic E-state index is 0.000678. The van der Waals surface area contributed by atoms with Crippen molar-refractivity contribution < 1.29 is 14.7 Å². The third kappa shape index (κ3) is 5.72. The van der Waals surface area contributed by atoms with E-state index in [-0.39, 0.29) is 18.3 Å². The lowest BCUT2D eigenvalue weighted by Crippen LogP contribution is -2.39. The van der Waals surface area contributed by atoms with Gasteiger partial charge in [-0.1, -0.05) is 24.2 Å². The third-order valence-corrected chi connectivity index (χ3v) is 3.11. The van der Waals surface area contributed by atoms with E-state index in [2.05, 4.69) is 5.16 Å². The van der Waals surface area contributed by atoms with Crippen LogP contribution in [0.3, 0.4) is 0 Å². The molecule has 1 amide bonds. The number of rotatable bonds is 8. The van der Waals surface area contributed by atoms with Crippen molar-refractivity contribution in [3.63, 3.8) is 0 Å². The molecule has 0 aliphatic heterocycles. The van der Waals surface area contributed by atoms with E-state index in [1.54, 1.807) is 12.0 Å². The Bertz CT molecular complexity index is 472. The first-order valence-electron chi connectivity index (χ1n) is 6.97. The monoisotopic (exact) mass is 293 g/mol. The molecule has 0 aromatic heterocycles. The van der Waals surface area contributed by atoms with Gasteiger partial charge in [-0.3, -0.25) is 4.79 Å². The Morgan fingerprint density at radius 3 is 2.57 bits per heavy atom. The number of amides is 1. The van der Waals surface area contributed by atoms with Crippen molar-refractivity contribution in [3.8, 4) is 5.75 Å². The highest BCUT2D eigenvalue weighted by Crippen LogP contribution is 2.13. The Hall–Kier alpha value is -2.24. The van der Waals surface area contributed by atoms with E-state index in [0.29, 0.717) is 19.4 Å². The first kappa shape index (κ1) is 16.8. The zero-order valence-electron chi connectivity index (χ0n) is 12.6. The summed E-state index contributed by atoms with van der Waals surface area (Å²) < 4.78 is 5.10. The van der Waals surface area contributed by atoms with Crippen molar-refractivity contribution in [2.75, 3.05) is 20.2 Å². The first-order valence-corrected chi connectivity index (χ1v) is 6.97. The van der Waals surface area contributed by atoms with Crippen LogP contribution < -0.4 is 10.5 Å². The Labute approximate surface area is 125 Å². The predicted octanol–water partition coefficient (Wildman–Crippen LogP) is 1.61. The molecule has 1 aromatic rings. The summed E-state index contributed by atoms with van der Waals surface area (Å²) in [4.78, 5) is 13.8. The molecule has 1 aromatic carbocycles. The molecule has 6 heteroatoms. The summed E-state index contributed by atoms with van der Waals surface area (Å²) in [5.41, 5.74) is 6.55. The van der Waals surface area contributed by atoms with Gasteiger partial charge in [-0.2, -0.15) is 0 Å². The quantitative estimate of drug-likeness (QED) is 0.330. The molecule has 0 saturated heterocycles. The van der Waals surface area contributed by atoms with Crippen molar-refractivity contribution in [1.82, 2.24) is 4.90 Å². The lowest BCUT2D eigenvalue weighted by molar-refractivity contribution is -0.130. The van der Waals surface area contributed by atoms with E-state index in [1.807, 2.05) is 31.2 Å². The number of methoxy groups -OCH3 is 1. The van der Waals surface area contributed by atoms with Crippen molar-refractivity contribution in [2.45, 2.75) is 26.2 Å². The largest absolute Gasteiger partial charge is 0.497 e. The minimum Gasteiger partial charge on any atom is -0.497 e. The molecule has 6 nitrogen and oxygen atoms in total. The Kier molecular flexibility index (Phi) is 7.08. The number of carbonyl (C=O) groups excluding carboxylic acids is 1. The standard InChI is InChI=1S/C15H23N3O3/c1-3-10-18(11-14(16)17-20)15(19)9-6-12-4-7-13(21-2)8-5-12/h4-5,7-8,20H,3,6,9-11H2,1-2H3,(H2,16,17). The summed E-state index contributed by atoms with van der Waals surface area (Å²) in [6.45, 7) is 2.74. The lowest BCUT2D eigenvalue weighted by atomic mass is 10.1. The van der Waals surface area contributed by atoms with Crippen molar-refractivity contribution in [1.29, 1.82) is 0 Å². The molecular formula is C15H23N3O3. The number of hydrogen-bond acceptors (Lipinski definition) is 4. The van der Waals surface area contributed by atoms with Crippen LogP contribution in [0.1, 0.15) is 25.3 Å². The highest BCUT2D eigenvalue weighted by molar-refractivity contribution is 5.86. The number of oxime groups is 1. The normalized spacial score (nSPS) is 11.2. The molecule has 0 heterocycles. The van der Waals surface area contributed by atoms with E-state index >= 15 is 0 Å². The fraction of sp³-hybridized carbons (Fsp3) is 0.467. The number of ether oxygens (including phenoxy) is 1. The smallest absolute Gasteiger partial charge is 0.223 e. The zero-order chi connectivity index (χ0) is 15.7. The fourth-order valence-electron chi connectivity index (χ4n) is 1.99. The molecule has 0 fully saturated rings. The molecule has 0 aliphatic carbocycles. The second-order valence-corrected chi connectivity index (χ2v) is 4.75. The molecule has 0 saturated carbocycles. The molecule has 0 atom stereocenters. The van der Waals surface area contributed by atoms with Gasteiger partial charge in [0, 0.05) is 13.0 Å². The van der Waals surface area contributed by atoms with Crippen molar-refractivity contribution in [3.05, 3.63) is 29.8 Å². The van der Waals surface area contributed by atoms with Crippen molar-refractivity contribution in [2.24, 2.45) is 10.9 Å². The van der Waals surface area contributed by atoms with Crippen LogP contribution in [-0.2, 0) is 11.2 Å². The maximum Gasteiger partial charge on any atom is 0.223 e. The van der Waals surface area contributed by atoms with E-state index in [0.717, 1.165) is 17.7 Å². The van der Waals surface area contributed by atoms with Gasteiger partial charge < -0.3 is 20.6 Å². The van der Waals surface area contributed by atoms with Crippen LogP contribution in [-0.4, -0.2) is 42.0 Å². The topological polar surface area (TPSA) is 88.1 Å². The molecule has 3 N–H and O–H groups in total. The van der Waals surface area contributed by atoms with Gasteiger partial charge in [-0.05, 0) is 30.5 Å². The number of nitrogens with zero attached hydrogens (tertiary/aromatic N) is 2. The van der Waals surface area contributed by atoms with Gasteiger partial charge >= 0.3 is 0 Å². The highest BCUT2D eigenvalue weighted by Gasteiger charge is 2.14. The Balaban J connectivity index is 2.55. The van der Waals surface area contributed by atoms with Gasteiger partial charge in [0.15, 0.2) is 5.84 Å². The van der Waals surface area contributed by atoms with Gasteiger partial charge in [0.25, 0.3) is 0 Å². The van der Waals surface area contributed by atoms with Gasteiger partial charge in [0.1, 0.15) is 5.75 Å². The maximum atomic E-state index is 12.2. The van der Waals surface area contributed by atoms with Crippen LogP contribution in [0.5, 0.6) is 5.75 Å². The van der Waals surface area contributed by atoms with Gasteiger partial charge in [-0.25, -0.2) is 0 Å². The van der Waals surface area contributed by atoms with E-state index in [1.165, 1.54) is 0 Å². The molecule has 21 heavy (non-hydrogen) atoms. The number of benzene rings is 1. The molecule has 0 spiro atoms. The van der Waals surface area contributed by atoms with Crippen LogP contribution >= 0.6 is 0 Å². The summed E-state index contributed by atoms with van der Waals surface area (Å²) in [6.07, 6.45) is 1.87. The van der Waals surface area contributed by atoms with Gasteiger partial charge in [-0.15, -0.1) is 0 Å². The van der Waals surface area contributed by atoms with Crippen LogP contribution in [0.4, 0.5) is 0 Å². The molecular weight excluding hydrogens is 270 g/mol. The summed E-state index contributed by atoms with van der Waals surface area (Å²) in [6, 6.07) is 7.64. The second kappa shape index (κ2) is 8.84. The predicted molar refractivity (Wildman–Crippen MR) is 81.6 cm³/mol. The van der Waals surface area contributed by atoms with Gasteiger partial charge in [0.2, 0.25) is 5.91 Å². The minimum atomic E-state index is -0.000678. The summed E-state index contributed by atoms with van der Waals surface area (Å²) in [5, 5.41) is 11.5. The average Bonchev–Trinajstić information content (AvgIpc) is 2.52. The number of carbonyl (C=O) groups is 1. The number of amidine groups is 1. The number of nitrogens with two attached hydrogens (primary N) is 1. The summed E-state index contributed by atoms with van der Waals surface area (Å²) >= 11 is 0. The number of hydrogen-bond donors (Lipinski definition) is 2. The number of aryl methyl sites for hydroxylation is 1. The van der Waals surface area contributed by atoms with Gasteiger partial charge in [0.05, 0.1) is 13.7 Å². The molecule has 0 unspecified atom stereocenters. The Morgan fingerprint density at radius 1 is 1.38 bits per heavy atom. The third-order valence-electron chi connectivity index (χ3n) is 3.11. The molecule has 0 bridgehead atoms. The van der Waals surface area contributed by atoms with Crippen LogP contribution in [0.2, 0.25) is 0 Å². The maximum absolute atomic E-state index is 12.2. The average molecular weight is 293 g/mol. The Morgan fingerprint density at radius 2 is 2.05 bits per heavy atom. The zero-order valence-corrected chi connectivity index (χ0v) is 12.6. The summed E-state index contributed by atoms with van der Waals surface area (Å²) in [5.74, 6) is 0.838.